The fraction of sp³-hybridized carbons (Fsp3) is 0.429. The van der Waals surface area contributed by atoms with Gasteiger partial charge in [0.1, 0.15) is 0 Å². The van der Waals surface area contributed by atoms with Crippen LogP contribution in [-0.4, -0.2) is 4.90 Å². The summed E-state index contributed by atoms with van der Waals surface area (Å²) in [6.45, 7) is 28.2. The molecule has 232 valence electrons. The zero-order valence-corrected chi connectivity index (χ0v) is 31.3. The van der Waals surface area contributed by atoms with Crippen molar-refractivity contribution in [2.45, 2.75) is 120 Å². The normalized spacial score (nSPS) is 15.0. The molecule has 0 bridgehead atoms. The van der Waals surface area contributed by atoms with E-state index in [1.807, 2.05) is 0 Å². The second kappa shape index (κ2) is 12.9. The summed E-state index contributed by atoms with van der Waals surface area (Å²) in [6.07, 6.45) is 6.58. The molecule has 44 heavy (non-hydrogen) atoms. The van der Waals surface area contributed by atoms with E-state index in [4.69, 9.17) is 0 Å². The highest BCUT2D eigenvalue weighted by molar-refractivity contribution is 7.91. The molecule has 4 aromatic rings. The lowest BCUT2D eigenvalue weighted by Crippen LogP contribution is -2.43. The molecular formula is C42H54P2. The molecule has 0 aromatic heterocycles. The highest BCUT2D eigenvalue weighted by Gasteiger charge is 2.50. The van der Waals surface area contributed by atoms with Crippen molar-refractivity contribution >= 4 is 37.1 Å². The molecule has 2 heteroatoms. The molecule has 1 aliphatic carbocycles. The quantitative estimate of drug-likeness (QED) is 0.188. The maximum atomic E-state index is 2.54. The van der Waals surface area contributed by atoms with E-state index >= 15 is 0 Å². The van der Waals surface area contributed by atoms with Gasteiger partial charge in [-0.05, 0) is 200 Å². The van der Waals surface area contributed by atoms with E-state index in [-0.39, 0.29) is 4.90 Å². The first-order valence-electron chi connectivity index (χ1n) is 16.7. The number of hydrogen-bond donors (Lipinski definition) is 0. The van der Waals surface area contributed by atoms with Crippen LogP contribution in [0.5, 0.6) is 0 Å². The summed E-state index contributed by atoms with van der Waals surface area (Å²) < 4.78 is 0. The molecule has 1 saturated carbocycles. The van der Waals surface area contributed by atoms with Gasteiger partial charge < -0.3 is 0 Å². The van der Waals surface area contributed by atoms with Crippen molar-refractivity contribution in [3.63, 3.8) is 0 Å². The Morgan fingerprint density at radius 3 is 0.841 bits per heavy atom. The van der Waals surface area contributed by atoms with Crippen LogP contribution in [0.3, 0.4) is 0 Å². The largest absolute Gasteiger partial charge is 0.0584 e. The minimum Gasteiger partial charge on any atom is -0.0584 e. The predicted molar refractivity (Wildman–Crippen MR) is 201 cm³/mol. The van der Waals surface area contributed by atoms with Crippen LogP contribution in [0.15, 0.2) is 48.5 Å². The van der Waals surface area contributed by atoms with Gasteiger partial charge in [0.2, 0.25) is 0 Å². The average molecular weight is 621 g/mol. The van der Waals surface area contributed by atoms with Crippen LogP contribution in [0.1, 0.15) is 98.9 Å². The highest BCUT2D eigenvalue weighted by atomic mass is 31.2. The zero-order chi connectivity index (χ0) is 32.1. The summed E-state index contributed by atoms with van der Waals surface area (Å²) >= 11 is 0. The Hall–Kier alpha value is -2.26. The number of benzene rings is 4. The Morgan fingerprint density at radius 2 is 0.591 bits per heavy atom. The molecule has 0 radical (unpaired) electrons. The lowest BCUT2D eigenvalue weighted by molar-refractivity contribution is 0.483. The Bertz CT molecular complexity index is 1480. The van der Waals surface area contributed by atoms with Gasteiger partial charge in [-0.15, -0.1) is 0 Å². The van der Waals surface area contributed by atoms with E-state index in [2.05, 4.69) is 132 Å². The summed E-state index contributed by atoms with van der Waals surface area (Å²) in [5, 5.41) is 6.47. The van der Waals surface area contributed by atoms with Crippen LogP contribution in [0, 0.1) is 83.1 Å². The van der Waals surface area contributed by atoms with Crippen molar-refractivity contribution in [2.24, 2.45) is 0 Å². The van der Waals surface area contributed by atoms with Crippen molar-refractivity contribution in [1.29, 1.82) is 0 Å². The van der Waals surface area contributed by atoms with Crippen LogP contribution >= 0.6 is 15.8 Å². The summed E-state index contributed by atoms with van der Waals surface area (Å²) in [7, 11) is -1.34. The average Bonchev–Trinajstić information content (AvgIpc) is 3.01. The molecule has 0 unspecified atom stereocenters. The van der Waals surface area contributed by atoms with Crippen molar-refractivity contribution in [2.75, 3.05) is 0 Å². The molecule has 0 spiro atoms. The fourth-order valence-corrected chi connectivity index (χ4v) is 16.4. The fourth-order valence-electron chi connectivity index (χ4n) is 7.56. The molecule has 0 N–H and O–H groups in total. The summed E-state index contributed by atoms with van der Waals surface area (Å²) in [4.78, 5) is 0.167. The van der Waals surface area contributed by atoms with Gasteiger partial charge in [-0.1, -0.05) is 67.8 Å². The van der Waals surface area contributed by atoms with Crippen LogP contribution in [0.2, 0.25) is 0 Å². The van der Waals surface area contributed by atoms with Gasteiger partial charge in [0.15, 0.2) is 0 Å². The topological polar surface area (TPSA) is 0 Å². The summed E-state index contributed by atoms with van der Waals surface area (Å²) in [5.74, 6) is 0. The van der Waals surface area contributed by atoms with Gasteiger partial charge in [-0.3, -0.25) is 0 Å². The molecule has 0 saturated heterocycles. The third-order valence-electron chi connectivity index (χ3n) is 11.6. The van der Waals surface area contributed by atoms with Gasteiger partial charge in [0.05, 0.1) is 0 Å². The maximum absolute atomic E-state index is 2.54. The van der Waals surface area contributed by atoms with Crippen LogP contribution < -0.4 is 21.2 Å². The van der Waals surface area contributed by atoms with Crippen molar-refractivity contribution < 1.29 is 0 Å². The van der Waals surface area contributed by atoms with Crippen molar-refractivity contribution in [1.82, 2.24) is 0 Å². The van der Waals surface area contributed by atoms with E-state index in [0.29, 0.717) is 0 Å². The molecular weight excluding hydrogens is 566 g/mol. The van der Waals surface area contributed by atoms with E-state index < -0.39 is 15.8 Å². The van der Waals surface area contributed by atoms with Gasteiger partial charge >= 0.3 is 0 Å². The molecule has 4 aromatic carbocycles. The minimum absolute atomic E-state index is 0.167. The first-order valence-corrected chi connectivity index (χ1v) is 19.4. The lowest BCUT2D eigenvalue weighted by atomic mass is 9.99. The Morgan fingerprint density at radius 1 is 0.341 bits per heavy atom. The number of aryl methyl sites for hydroxylation is 4. The van der Waals surface area contributed by atoms with Gasteiger partial charge in [-0.25, -0.2) is 0 Å². The first-order chi connectivity index (χ1) is 20.8. The molecule has 0 nitrogen and oxygen atoms in total. The molecule has 1 fully saturated rings. The Balaban J connectivity index is 1.97. The highest BCUT2D eigenvalue weighted by Crippen LogP contribution is 2.71. The maximum Gasteiger partial charge on any atom is 0.0267 e. The Labute approximate surface area is 271 Å². The SMILES string of the molecule is Cc1ccc(P(c2ccc(C)c(C)c2C)C2(P(c3ccc(C)c(C)c3C)c3ccc(C)c(C)c3C)CCCCC2)c(C)c1C. The zero-order valence-electron chi connectivity index (χ0n) is 29.5. The monoisotopic (exact) mass is 620 g/mol. The molecule has 1 aliphatic rings. The van der Waals surface area contributed by atoms with E-state index in [0.717, 1.165) is 0 Å². The third-order valence-corrected chi connectivity index (χ3v) is 19.2. The molecule has 0 aliphatic heterocycles. The second-order valence-corrected chi connectivity index (χ2v) is 19.2. The summed E-state index contributed by atoms with van der Waals surface area (Å²) in [5.41, 5.74) is 17.6. The van der Waals surface area contributed by atoms with Gasteiger partial charge in [0, 0.05) is 4.90 Å². The third kappa shape index (κ3) is 5.54. The molecule has 0 heterocycles. The van der Waals surface area contributed by atoms with Gasteiger partial charge in [0.25, 0.3) is 0 Å². The van der Waals surface area contributed by atoms with Crippen LogP contribution in [0.25, 0.3) is 0 Å². The number of hydrogen-bond acceptors (Lipinski definition) is 0. The van der Waals surface area contributed by atoms with Crippen LogP contribution in [-0.2, 0) is 0 Å². The van der Waals surface area contributed by atoms with Crippen molar-refractivity contribution in [3.05, 3.63) is 115 Å². The second-order valence-electron chi connectivity index (χ2n) is 13.8. The molecule has 0 atom stereocenters. The van der Waals surface area contributed by atoms with E-state index in [1.165, 1.54) is 98.9 Å². The van der Waals surface area contributed by atoms with Gasteiger partial charge in [-0.2, -0.15) is 0 Å². The van der Waals surface area contributed by atoms with E-state index in [1.54, 1.807) is 21.2 Å². The van der Waals surface area contributed by atoms with E-state index in [9.17, 15) is 0 Å². The number of rotatable bonds is 6. The smallest absolute Gasteiger partial charge is 0.0267 e. The standard InChI is InChI=1S/C42H54P2/c1-26-16-20-38(34(9)30(26)5)43(39-21-17-27(2)31(6)35(39)10)42(24-14-13-15-25-42)44(40-22-18-28(3)32(7)36(40)11)41-23-19-29(4)33(8)37(41)12/h16-23H,13-15,24-25H2,1-12H3. The minimum atomic E-state index is -0.669. The van der Waals surface area contributed by atoms with Crippen LogP contribution in [0.4, 0.5) is 0 Å². The summed E-state index contributed by atoms with van der Waals surface area (Å²) in [6, 6.07) is 19.9. The molecule has 0 amide bonds. The lowest BCUT2D eigenvalue weighted by Gasteiger charge is -2.52. The first kappa shape index (κ1) is 33.1. The predicted octanol–water partition coefficient (Wildman–Crippen LogP) is 10.6. The van der Waals surface area contributed by atoms with Crippen molar-refractivity contribution in [3.8, 4) is 0 Å². The Kier molecular flexibility index (Phi) is 9.68. The molecule has 5 rings (SSSR count).